The van der Waals surface area contributed by atoms with E-state index >= 15 is 0 Å². The highest BCUT2D eigenvalue weighted by molar-refractivity contribution is 5.42. The van der Waals surface area contributed by atoms with Gasteiger partial charge >= 0.3 is 0 Å². The van der Waals surface area contributed by atoms with Crippen LogP contribution in [0.2, 0.25) is 0 Å². The highest BCUT2D eigenvalue weighted by Gasteiger charge is 2.24. The van der Waals surface area contributed by atoms with Crippen molar-refractivity contribution in [3.63, 3.8) is 0 Å². The summed E-state index contributed by atoms with van der Waals surface area (Å²) in [4.78, 5) is 6.11. The molecule has 4 heteroatoms. The fourth-order valence-electron chi connectivity index (χ4n) is 2.05. The summed E-state index contributed by atoms with van der Waals surface area (Å²) in [5, 5.41) is 3.23. The molecule has 1 aliphatic carbocycles. The van der Waals surface area contributed by atoms with Gasteiger partial charge in [-0.15, -0.1) is 0 Å². The van der Waals surface area contributed by atoms with Crippen molar-refractivity contribution in [1.82, 2.24) is 10.3 Å². The summed E-state index contributed by atoms with van der Waals surface area (Å²) < 4.78 is 14.3. The fourth-order valence-corrected chi connectivity index (χ4v) is 2.05. The van der Waals surface area contributed by atoms with Crippen molar-refractivity contribution in [3.8, 4) is 0 Å². The third-order valence-electron chi connectivity index (χ3n) is 3.28. The largest absolute Gasteiger partial charge is 0.357 e. The maximum Gasteiger partial charge on any atom is 0.170 e. The van der Waals surface area contributed by atoms with Crippen molar-refractivity contribution in [2.45, 2.75) is 32.7 Å². The molecular formula is C14H22FN3. The molecule has 1 aromatic heterocycles. The standard InChI is InChI=1S/C14H22FN3/c1-3-7-16-9-12-6-8-17-14(13(12)15)18(2)10-11-4-5-11/h6,8,11,16H,3-5,7,9-10H2,1-2H3. The van der Waals surface area contributed by atoms with E-state index in [1.165, 1.54) is 12.8 Å². The topological polar surface area (TPSA) is 28.2 Å². The van der Waals surface area contributed by atoms with Crippen LogP contribution in [0.15, 0.2) is 12.3 Å². The first-order chi connectivity index (χ1) is 8.72. The van der Waals surface area contributed by atoms with Gasteiger partial charge in [0.05, 0.1) is 0 Å². The van der Waals surface area contributed by atoms with Gasteiger partial charge in [0.1, 0.15) is 0 Å². The van der Waals surface area contributed by atoms with Crippen LogP contribution in [0.25, 0.3) is 0 Å². The van der Waals surface area contributed by atoms with E-state index in [1.54, 1.807) is 12.3 Å². The van der Waals surface area contributed by atoms with E-state index in [2.05, 4.69) is 17.2 Å². The van der Waals surface area contributed by atoms with Crippen molar-refractivity contribution in [2.24, 2.45) is 5.92 Å². The maximum absolute atomic E-state index is 14.3. The Morgan fingerprint density at radius 1 is 1.50 bits per heavy atom. The molecule has 1 fully saturated rings. The van der Waals surface area contributed by atoms with Gasteiger partial charge in [0, 0.05) is 31.9 Å². The van der Waals surface area contributed by atoms with Crippen LogP contribution in [-0.4, -0.2) is 25.1 Å². The van der Waals surface area contributed by atoms with Gasteiger partial charge in [-0.3, -0.25) is 0 Å². The van der Waals surface area contributed by atoms with Crippen LogP contribution in [0.5, 0.6) is 0 Å². The van der Waals surface area contributed by atoms with Crippen LogP contribution >= 0.6 is 0 Å². The molecular weight excluding hydrogens is 229 g/mol. The predicted molar refractivity (Wildman–Crippen MR) is 72.2 cm³/mol. The van der Waals surface area contributed by atoms with Crippen LogP contribution in [0.1, 0.15) is 31.7 Å². The van der Waals surface area contributed by atoms with Crippen LogP contribution in [0, 0.1) is 11.7 Å². The molecule has 1 heterocycles. The molecule has 0 unspecified atom stereocenters. The lowest BCUT2D eigenvalue weighted by atomic mass is 10.2. The summed E-state index contributed by atoms with van der Waals surface area (Å²) in [5.41, 5.74) is 0.705. The second-order valence-electron chi connectivity index (χ2n) is 5.11. The minimum Gasteiger partial charge on any atom is -0.357 e. The maximum atomic E-state index is 14.3. The van der Waals surface area contributed by atoms with Gasteiger partial charge in [0.25, 0.3) is 0 Å². The molecule has 0 saturated heterocycles. The summed E-state index contributed by atoms with van der Waals surface area (Å²) in [6.07, 6.45) is 5.29. The van der Waals surface area contributed by atoms with E-state index in [4.69, 9.17) is 0 Å². The Morgan fingerprint density at radius 3 is 2.94 bits per heavy atom. The summed E-state index contributed by atoms with van der Waals surface area (Å²) >= 11 is 0. The minimum absolute atomic E-state index is 0.177. The van der Waals surface area contributed by atoms with E-state index in [0.717, 1.165) is 25.4 Å². The second-order valence-corrected chi connectivity index (χ2v) is 5.11. The number of nitrogens with one attached hydrogen (secondary N) is 1. The van der Waals surface area contributed by atoms with Gasteiger partial charge in [-0.2, -0.15) is 0 Å². The van der Waals surface area contributed by atoms with E-state index in [1.807, 2.05) is 11.9 Å². The first-order valence-corrected chi connectivity index (χ1v) is 6.77. The van der Waals surface area contributed by atoms with Crippen molar-refractivity contribution in [3.05, 3.63) is 23.6 Å². The fraction of sp³-hybridized carbons (Fsp3) is 0.643. The van der Waals surface area contributed by atoms with Crippen LogP contribution < -0.4 is 10.2 Å². The highest BCUT2D eigenvalue weighted by Crippen LogP contribution is 2.31. The summed E-state index contributed by atoms with van der Waals surface area (Å²) in [7, 11) is 1.92. The summed E-state index contributed by atoms with van der Waals surface area (Å²) in [5.74, 6) is 1.04. The average molecular weight is 251 g/mol. The number of halogens is 1. The molecule has 1 N–H and O–H groups in total. The first-order valence-electron chi connectivity index (χ1n) is 6.77. The number of pyridine rings is 1. The van der Waals surface area contributed by atoms with Gasteiger partial charge in [-0.05, 0) is 37.8 Å². The first kappa shape index (κ1) is 13.3. The lowest BCUT2D eigenvalue weighted by Gasteiger charge is -2.19. The molecule has 0 atom stereocenters. The Bertz CT molecular complexity index is 391. The molecule has 0 amide bonds. The molecule has 18 heavy (non-hydrogen) atoms. The number of hydrogen-bond acceptors (Lipinski definition) is 3. The zero-order valence-corrected chi connectivity index (χ0v) is 11.2. The number of anilines is 1. The molecule has 0 aliphatic heterocycles. The summed E-state index contributed by atoms with van der Waals surface area (Å²) in [6, 6.07) is 1.76. The Kier molecular flexibility index (Phi) is 4.53. The SMILES string of the molecule is CCCNCc1ccnc(N(C)CC2CC2)c1F. The van der Waals surface area contributed by atoms with Gasteiger partial charge in [0.15, 0.2) is 11.6 Å². The zero-order chi connectivity index (χ0) is 13.0. The van der Waals surface area contributed by atoms with Gasteiger partial charge in [-0.1, -0.05) is 6.92 Å². The second kappa shape index (κ2) is 6.14. The minimum atomic E-state index is -0.177. The molecule has 0 bridgehead atoms. The van der Waals surface area contributed by atoms with Gasteiger partial charge < -0.3 is 10.2 Å². The van der Waals surface area contributed by atoms with Crippen molar-refractivity contribution < 1.29 is 4.39 Å². The molecule has 0 radical (unpaired) electrons. The molecule has 1 saturated carbocycles. The number of rotatable bonds is 7. The molecule has 2 rings (SSSR count). The van der Waals surface area contributed by atoms with E-state index in [-0.39, 0.29) is 5.82 Å². The Balaban J connectivity index is 2.02. The molecule has 1 aromatic rings. The lowest BCUT2D eigenvalue weighted by Crippen LogP contribution is -2.23. The van der Waals surface area contributed by atoms with Crippen molar-refractivity contribution >= 4 is 5.82 Å². The molecule has 100 valence electrons. The van der Waals surface area contributed by atoms with E-state index in [9.17, 15) is 4.39 Å². The smallest absolute Gasteiger partial charge is 0.170 e. The summed E-state index contributed by atoms with van der Waals surface area (Å²) in [6.45, 7) is 4.50. The monoisotopic (exact) mass is 251 g/mol. The number of aromatic nitrogens is 1. The molecule has 3 nitrogen and oxygen atoms in total. The predicted octanol–water partition coefficient (Wildman–Crippen LogP) is 2.57. The van der Waals surface area contributed by atoms with Gasteiger partial charge in [-0.25, -0.2) is 9.37 Å². The molecule has 1 aliphatic rings. The Hall–Kier alpha value is -1.16. The zero-order valence-electron chi connectivity index (χ0n) is 11.2. The normalized spacial score (nSPS) is 14.8. The molecule has 0 aromatic carbocycles. The van der Waals surface area contributed by atoms with Crippen molar-refractivity contribution in [2.75, 3.05) is 25.0 Å². The highest BCUT2D eigenvalue weighted by atomic mass is 19.1. The third-order valence-corrected chi connectivity index (χ3v) is 3.28. The van der Waals surface area contributed by atoms with Crippen LogP contribution in [0.4, 0.5) is 10.2 Å². The lowest BCUT2D eigenvalue weighted by molar-refractivity contribution is 0.575. The quantitative estimate of drug-likeness (QED) is 0.755. The number of nitrogens with zero attached hydrogens (tertiary/aromatic N) is 2. The Morgan fingerprint density at radius 2 is 2.28 bits per heavy atom. The third kappa shape index (κ3) is 3.42. The Labute approximate surface area is 108 Å². The average Bonchev–Trinajstić information content (AvgIpc) is 3.15. The number of hydrogen-bond donors (Lipinski definition) is 1. The molecule has 0 spiro atoms. The van der Waals surface area contributed by atoms with Crippen LogP contribution in [0.3, 0.4) is 0 Å². The van der Waals surface area contributed by atoms with E-state index < -0.39 is 0 Å². The van der Waals surface area contributed by atoms with Crippen molar-refractivity contribution in [1.29, 1.82) is 0 Å². The van der Waals surface area contributed by atoms with E-state index in [0.29, 0.717) is 17.9 Å². The van der Waals surface area contributed by atoms with Crippen LogP contribution in [-0.2, 0) is 6.54 Å². The van der Waals surface area contributed by atoms with Gasteiger partial charge in [0.2, 0.25) is 0 Å².